The fraction of sp³-hybridized carbons (Fsp3) is 0.143. The van der Waals surface area contributed by atoms with E-state index in [1.807, 2.05) is 36.4 Å². The molecule has 0 fully saturated rings. The lowest BCUT2D eigenvalue weighted by molar-refractivity contribution is -0.131. The Balaban J connectivity index is 1.52. The number of benzene rings is 2. The van der Waals surface area contributed by atoms with Gasteiger partial charge in [0.05, 0.1) is 29.1 Å². The van der Waals surface area contributed by atoms with E-state index < -0.39 is 0 Å². The number of nitrogens with zero attached hydrogens (tertiary/aromatic N) is 4. The molecule has 0 saturated carbocycles. The van der Waals surface area contributed by atoms with Crippen molar-refractivity contribution in [2.45, 2.75) is 13.1 Å². The van der Waals surface area contributed by atoms with Crippen LogP contribution in [0.15, 0.2) is 71.9 Å². The minimum Gasteiger partial charge on any atom is -0.340 e. The SMILES string of the molecule is CN(Cc1cn[nH]c1-c1ccccc1)C(=O)Cn1cnc2ccccc2c1=O. The highest BCUT2D eigenvalue weighted by Gasteiger charge is 2.15. The van der Waals surface area contributed by atoms with E-state index in [4.69, 9.17) is 0 Å². The van der Waals surface area contributed by atoms with E-state index in [0.29, 0.717) is 17.4 Å². The number of nitrogens with one attached hydrogen (secondary N) is 1. The molecule has 7 nitrogen and oxygen atoms in total. The summed E-state index contributed by atoms with van der Waals surface area (Å²) in [5, 5.41) is 7.61. The summed E-state index contributed by atoms with van der Waals surface area (Å²) in [4.78, 5) is 31.1. The fourth-order valence-electron chi connectivity index (χ4n) is 3.11. The molecule has 7 heteroatoms. The second kappa shape index (κ2) is 7.48. The fourth-order valence-corrected chi connectivity index (χ4v) is 3.11. The van der Waals surface area contributed by atoms with Crippen molar-refractivity contribution in [3.05, 3.63) is 83.0 Å². The van der Waals surface area contributed by atoms with Gasteiger partial charge in [-0.1, -0.05) is 42.5 Å². The highest BCUT2D eigenvalue weighted by Crippen LogP contribution is 2.21. The molecular weight excluding hydrogens is 354 g/mol. The molecule has 2 aromatic carbocycles. The summed E-state index contributed by atoms with van der Waals surface area (Å²) in [6.45, 7) is 0.320. The van der Waals surface area contributed by atoms with Crippen molar-refractivity contribution >= 4 is 16.8 Å². The zero-order valence-corrected chi connectivity index (χ0v) is 15.4. The number of rotatable bonds is 5. The minimum absolute atomic E-state index is 0.0638. The first-order valence-corrected chi connectivity index (χ1v) is 8.89. The molecule has 0 aliphatic carbocycles. The molecule has 2 aromatic heterocycles. The summed E-state index contributed by atoms with van der Waals surface area (Å²) in [7, 11) is 1.71. The van der Waals surface area contributed by atoms with E-state index in [9.17, 15) is 9.59 Å². The van der Waals surface area contributed by atoms with Gasteiger partial charge in [-0.3, -0.25) is 19.3 Å². The van der Waals surface area contributed by atoms with Gasteiger partial charge >= 0.3 is 0 Å². The summed E-state index contributed by atoms with van der Waals surface area (Å²) in [5.74, 6) is -0.181. The molecular formula is C21H19N5O2. The summed E-state index contributed by atoms with van der Waals surface area (Å²) < 4.78 is 1.34. The summed E-state index contributed by atoms with van der Waals surface area (Å²) >= 11 is 0. The van der Waals surface area contributed by atoms with E-state index >= 15 is 0 Å². The third-order valence-electron chi connectivity index (χ3n) is 4.65. The molecule has 0 saturated heterocycles. The Bertz CT molecular complexity index is 1180. The smallest absolute Gasteiger partial charge is 0.261 e. The van der Waals surface area contributed by atoms with Gasteiger partial charge in [-0.15, -0.1) is 0 Å². The van der Waals surface area contributed by atoms with Crippen LogP contribution < -0.4 is 5.56 Å². The molecule has 0 radical (unpaired) electrons. The molecule has 4 aromatic rings. The Kier molecular flexibility index (Phi) is 4.72. The molecule has 0 bridgehead atoms. The number of hydrogen-bond donors (Lipinski definition) is 1. The Morgan fingerprint density at radius 1 is 1.11 bits per heavy atom. The van der Waals surface area contributed by atoms with E-state index in [1.54, 1.807) is 36.3 Å². The Labute approximate surface area is 161 Å². The molecule has 28 heavy (non-hydrogen) atoms. The van der Waals surface area contributed by atoms with Gasteiger partial charge in [0.1, 0.15) is 6.54 Å². The molecule has 0 unspecified atom stereocenters. The number of H-pyrrole nitrogens is 1. The van der Waals surface area contributed by atoms with Crippen LogP contribution in [0.3, 0.4) is 0 Å². The molecule has 140 valence electrons. The number of amides is 1. The maximum Gasteiger partial charge on any atom is 0.261 e. The first kappa shape index (κ1) is 17.7. The van der Waals surface area contributed by atoms with Crippen LogP contribution >= 0.6 is 0 Å². The highest BCUT2D eigenvalue weighted by atomic mass is 16.2. The number of carbonyl (C=O) groups is 1. The number of hydrogen-bond acceptors (Lipinski definition) is 4. The van der Waals surface area contributed by atoms with Crippen molar-refractivity contribution in [2.24, 2.45) is 0 Å². The number of likely N-dealkylation sites (N-methyl/N-ethyl adjacent to an activating group) is 1. The van der Waals surface area contributed by atoms with Crippen LogP contribution in [0.4, 0.5) is 0 Å². The third kappa shape index (κ3) is 3.42. The summed E-state index contributed by atoms with van der Waals surface area (Å²) in [6.07, 6.45) is 3.14. The average Bonchev–Trinajstić information content (AvgIpc) is 3.19. The zero-order chi connectivity index (χ0) is 19.5. The normalized spacial score (nSPS) is 10.9. The lowest BCUT2D eigenvalue weighted by Gasteiger charge is -2.18. The minimum atomic E-state index is -0.222. The van der Waals surface area contributed by atoms with E-state index in [1.165, 1.54) is 10.9 Å². The maximum atomic E-state index is 12.7. The van der Waals surface area contributed by atoms with Crippen molar-refractivity contribution in [3.63, 3.8) is 0 Å². The van der Waals surface area contributed by atoms with Crippen LogP contribution in [-0.4, -0.2) is 37.6 Å². The number of aromatic amines is 1. The summed E-state index contributed by atoms with van der Waals surface area (Å²) in [6, 6.07) is 16.9. The van der Waals surface area contributed by atoms with Gasteiger partial charge in [0, 0.05) is 19.2 Å². The van der Waals surface area contributed by atoms with Crippen molar-refractivity contribution in [3.8, 4) is 11.3 Å². The molecule has 0 atom stereocenters. The predicted molar refractivity (Wildman–Crippen MR) is 107 cm³/mol. The molecule has 2 heterocycles. The first-order chi connectivity index (χ1) is 13.6. The maximum absolute atomic E-state index is 12.7. The van der Waals surface area contributed by atoms with Crippen molar-refractivity contribution in [1.29, 1.82) is 0 Å². The zero-order valence-electron chi connectivity index (χ0n) is 15.4. The first-order valence-electron chi connectivity index (χ1n) is 8.89. The largest absolute Gasteiger partial charge is 0.340 e. The predicted octanol–water partition coefficient (Wildman–Crippen LogP) is 2.45. The van der Waals surface area contributed by atoms with Crippen molar-refractivity contribution < 1.29 is 4.79 Å². The lowest BCUT2D eigenvalue weighted by Crippen LogP contribution is -2.33. The van der Waals surface area contributed by atoms with Gasteiger partial charge in [-0.2, -0.15) is 5.10 Å². The number of para-hydroxylation sites is 1. The van der Waals surface area contributed by atoms with Crippen LogP contribution in [0, 0.1) is 0 Å². The standard InChI is InChI=1S/C21H19N5O2/c1-25(12-16-11-23-24-20(16)15-7-3-2-4-8-15)19(27)13-26-14-22-18-10-6-5-9-17(18)21(26)28/h2-11,14H,12-13H2,1H3,(H,23,24). The number of fused-ring (bicyclic) bond motifs is 1. The third-order valence-corrected chi connectivity index (χ3v) is 4.65. The van der Waals surface area contributed by atoms with E-state index in [0.717, 1.165) is 16.8 Å². The Hall–Kier alpha value is -3.74. The van der Waals surface area contributed by atoms with Gasteiger partial charge in [0.2, 0.25) is 5.91 Å². The van der Waals surface area contributed by atoms with Gasteiger partial charge in [0.15, 0.2) is 0 Å². The lowest BCUT2D eigenvalue weighted by atomic mass is 10.1. The van der Waals surface area contributed by atoms with Gasteiger partial charge < -0.3 is 4.90 Å². The summed E-state index contributed by atoms with van der Waals surface area (Å²) in [5.41, 5.74) is 3.19. The average molecular weight is 373 g/mol. The molecule has 4 rings (SSSR count). The van der Waals surface area contributed by atoms with Crippen LogP contribution in [0.1, 0.15) is 5.56 Å². The highest BCUT2D eigenvalue weighted by molar-refractivity contribution is 5.79. The topological polar surface area (TPSA) is 83.9 Å². The van der Waals surface area contributed by atoms with Gasteiger partial charge in [-0.25, -0.2) is 4.98 Å². The number of aromatic nitrogens is 4. The van der Waals surface area contributed by atoms with Crippen LogP contribution in [0.2, 0.25) is 0 Å². The quantitative estimate of drug-likeness (QED) is 0.582. The van der Waals surface area contributed by atoms with Crippen LogP contribution in [0.5, 0.6) is 0 Å². The Morgan fingerprint density at radius 3 is 2.68 bits per heavy atom. The van der Waals surface area contributed by atoms with Crippen molar-refractivity contribution in [2.75, 3.05) is 7.05 Å². The van der Waals surface area contributed by atoms with Gasteiger partial charge in [0.25, 0.3) is 5.56 Å². The van der Waals surface area contributed by atoms with E-state index in [2.05, 4.69) is 15.2 Å². The molecule has 0 spiro atoms. The van der Waals surface area contributed by atoms with Crippen LogP contribution in [-0.2, 0) is 17.9 Å². The molecule has 0 aliphatic heterocycles. The monoisotopic (exact) mass is 373 g/mol. The molecule has 1 N–H and O–H groups in total. The number of carbonyl (C=O) groups excluding carboxylic acids is 1. The molecule has 0 aliphatic rings. The van der Waals surface area contributed by atoms with Crippen LogP contribution in [0.25, 0.3) is 22.2 Å². The molecule has 1 amide bonds. The second-order valence-electron chi connectivity index (χ2n) is 6.58. The Morgan fingerprint density at radius 2 is 1.86 bits per heavy atom. The van der Waals surface area contributed by atoms with Gasteiger partial charge in [-0.05, 0) is 17.7 Å². The second-order valence-corrected chi connectivity index (χ2v) is 6.58. The van der Waals surface area contributed by atoms with E-state index in [-0.39, 0.29) is 18.0 Å². The van der Waals surface area contributed by atoms with Crippen molar-refractivity contribution in [1.82, 2.24) is 24.6 Å².